The van der Waals surface area contributed by atoms with E-state index in [1.807, 2.05) is 56.3 Å². The molecule has 0 fully saturated rings. The second-order valence-electron chi connectivity index (χ2n) is 8.30. The third-order valence-electron chi connectivity index (χ3n) is 5.78. The first-order valence-corrected chi connectivity index (χ1v) is 11.5. The van der Waals surface area contributed by atoms with Gasteiger partial charge in [-0.1, -0.05) is 48.6 Å². The summed E-state index contributed by atoms with van der Waals surface area (Å²) in [6.45, 7) is 6.63. The number of benzene rings is 2. The Morgan fingerprint density at radius 1 is 1.12 bits per heavy atom. The third kappa shape index (κ3) is 4.88. The number of tetrazole rings is 1. The van der Waals surface area contributed by atoms with E-state index in [0.29, 0.717) is 41.0 Å². The number of hydrogen-bond donors (Lipinski definition) is 2. The molecule has 0 saturated carbocycles. The average Bonchev–Trinajstić information content (AvgIpc) is 3.30. The number of ether oxygens (including phenoxy) is 2. The van der Waals surface area contributed by atoms with Crippen LogP contribution in [0.5, 0.6) is 11.5 Å². The van der Waals surface area contributed by atoms with E-state index >= 15 is 0 Å². The van der Waals surface area contributed by atoms with Crippen LogP contribution in [0.25, 0.3) is 0 Å². The lowest BCUT2D eigenvalue weighted by Crippen LogP contribution is -2.31. The predicted molar refractivity (Wildman–Crippen MR) is 130 cm³/mol. The Labute approximate surface area is 199 Å². The highest BCUT2D eigenvalue weighted by atomic mass is 16.5. The zero-order valence-electron chi connectivity index (χ0n) is 20.0. The number of unbranched alkanes of at least 4 members (excludes halogenated alkanes) is 2. The largest absolute Gasteiger partial charge is 0.493 e. The molecule has 9 heteroatoms. The van der Waals surface area contributed by atoms with Crippen molar-refractivity contribution < 1.29 is 14.3 Å². The number of hydrogen-bond acceptors (Lipinski definition) is 7. The molecule has 4 rings (SSSR count). The van der Waals surface area contributed by atoms with Crippen LogP contribution in [-0.2, 0) is 4.79 Å². The maximum absolute atomic E-state index is 13.5. The highest BCUT2D eigenvalue weighted by Gasteiger charge is 2.34. The van der Waals surface area contributed by atoms with Crippen LogP contribution >= 0.6 is 0 Å². The molecule has 0 aliphatic carbocycles. The third-order valence-corrected chi connectivity index (χ3v) is 5.78. The molecule has 1 unspecified atom stereocenters. The number of anilines is 2. The van der Waals surface area contributed by atoms with E-state index in [-0.39, 0.29) is 5.91 Å². The Morgan fingerprint density at radius 2 is 1.91 bits per heavy atom. The van der Waals surface area contributed by atoms with Gasteiger partial charge in [0.2, 0.25) is 5.95 Å². The Kier molecular flexibility index (Phi) is 7.10. The quantitative estimate of drug-likeness (QED) is 0.452. The Bertz CT molecular complexity index is 1190. The van der Waals surface area contributed by atoms with Crippen molar-refractivity contribution in [2.24, 2.45) is 0 Å². The van der Waals surface area contributed by atoms with Crippen LogP contribution in [0.4, 0.5) is 11.6 Å². The van der Waals surface area contributed by atoms with Gasteiger partial charge in [-0.15, -0.1) is 0 Å². The van der Waals surface area contributed by atoms with Gasteiger partial charge in [0.05, 0.1) is 19.3 Å². The number of nitrogens with zero attached hydrogens (tertiary/aromatic N) is 4. The summed E-state index contributed by atoms with van der Waals surface area (Å²) in [5, 5.41) is 18.2. The molecular formula is C25H30N6O3. The normalized spacial score (nSPS) is 14.9. The first-order chi connectivity index (χ1) is 16.5. The van der Waals surface area contributed by atoms with Crippen molar-refractivity contribution in [1.82, 2.24) is 20.2 Å². The van der Waals surface area contributed by atoms with Crippen molar-refractivity contribution in [1.29, 1.82) is 0 Å². The molecule has 1 amide bonds. The van der Waals surface area contributed by atoms with Crippen molar-refractivity contribution in [3.8, 4) is 11.5 Å². The van der Waals surface area contributed by atoms with Crippen molar-refractivity contribution in [2.45, 2.75) is 46.1 Å². The second-order valence-corrected chi connectivity index (χ2v) is 8.30. The fourth-order valence-corrected chi connectivity index (χ4v) is 3.96. The molecule has 2 N–H and O–H groups in total. The average molecular weight is 463 g/mol. The lowest BCUT2D eigenvalue weighted by atomic mass is 9.94. The zero-order chi connectivity index (χ0) is 24.1. The highest BCUT2D eigenvalue weighted by Crippen LogP contribution is 2.38. The van der Waals surface area contributed by atoms with Crippen molar-refractivity contribution in [2.75, 3.05) is 24.4 Å². The monoisotopic (exact) mass is 462 g/mol. The number of fused-ring (bicyclic) bond motifs is 1. The molecule has 0 bridgehead atoms. The number of aryl methyl sites for hydroxylation is 1. The van der Waals surface area contributed by atoms with Crippen LogP contribution < -0.4 is 20.1 Å². The molecular weight excluding hydrogens is 432 g/mol. The molecule has 1 aliphatic rings. The van der Waals surface area contributed by atoms with Crippen LogP contribution in [-0.4, -0.2) is 39.8 Å². The highest BCUT2D eigenvalue weighted by molar-refractivity contribution is 6.06. The molecule has 2 heterocycles. The summed E-state index contributed by atoms with van der Waals surface area (Å²) in [5.74, 6) is 1.49. The van der Waals surface area contributed by atoms with E-state index < -0.39 is 6.04 Å². The smallest absolute Gasteiger partial charge is 0.255 e. The van der Waals surface area contributed by atoms with Crippen molar-refractivity contribution in [3.63, 3.8) is 0 Å². The van der Waals surface area contributed by atoms with E-state index in [0.717, 1.165) is 30.4 Å². The number of carbonyl (C=O) groups is 1. The number of allylic oxidation sites excluding steroid dienone is 1. The summed E-state index contributed by atoms with van der Waals surface area (Å²) >= 11 is 0. The Morgan fingerprint density at radius 3 is 2.65 bits per heavy atom. The summed E-state index contributed by atoms with van der Waals surface area (Å²) in [4.78, 5) is 13.5. The number of rotatable bonds is 9. The van der Waals surface area contributed by atoms with Gasteiger partial charge in [0.1, 0.15) is 6.04 Å². The van der Waals surface area contributed by atoms with Crippen LogP contribution in [0.15, 0.2) is 53.7 Å². The molecule has 1 aliphatic heterocycles. The number of carbonyl (C=O) groups excluding carboxylic acids is 1. The predicted octanol–water partition coefficient (Wildman–Crippen LogP) is 4.49. The fraction of sp³-hybridized carbons (Fsp3) is 0.360. The summed E-state index contributed by atoms with van der Waals surface area (Å²) in [5.41, 5.74) is 3.83. The fourth-order valence-electron chi connectivity index (χ4n) is 3.96. The van der Waals surface area contributed by atoms with Gasteiger partial charge in [-0.2, -0.15) is 4.68 Å². The molecule has 2 aromatic carbocycles. The summed E-state index contributed by atoms with van der Waals surface area (Å²) in [6, 6.07) is 12.8. The zero-order valence-corrected chi connectivity index (χ0v) is 20.0. The standard InChI is InChI=1S/C25H30N6O3/c1-5-6-7-14-34-20-13-10-18(15-21(20)33-4)23-22(17(3)26-25-28-29-30-31(23)25)24(32)27-19-11-8-16(2)9-12-19/h8-13,15,23H,5-7,14H2,1-4H3,(H,27,32)(H,26,28,30). The lowest BCUT2D eigenvalue weighted by Gasteiger charge is -2.28. The van der Waals surface area contributed by atoms with E-state index in [1.165, 1.54) is 0 Å². The van der Waals surface area contributed by atoms with Crippen molar-refractivity contribution >= 4 is 17.5 Å². The minimum absolute atomic E-state index is 0.237. The van der Waals surface area contributed by atoms with Gasteiger partial charge >= 0.3 is 0 Å². The molecule has 9 nitrogen and oxygen atoms in total. The van der Waals surface area contributed by atoms with Gasteiger partial charge in [-0.25, -0.2) is 0 Å². The molecule has 0 spiro atoms. The van der Waals surface area contributed by atoms with Crippen LogP contribution in [0.1, 0.15) is 50.3 Å². The molecule has 0 saturated heterocycles. The van der Waals surface area contributed by atoms with E-state index in [9.17, 15) is 4.79 Å². The summed E-state index contributed by atoms with van der Waals surface area (Å²) < 4.78 is 13.2. The van der Waals surface area contributed by atoms with Gasteiger partial charge < -0.3 is 20.1 Å². The van der Waals surface area contributed by atoms with Crippen LogP contribution in [0.2, 0.25) is 0 Å². The minimum Gasteiger partial charge on any atom is -0.493 e. The lowest BCUT2D eigenvalue weighted by molar-refractivity contribution is -0.113. The Balaban J connectivity index is 1.67. The molecule has 1 atom stereocenters. The van der Waals surface area contributed by atoms with Gasteiger partial charge in [0, 0.05) is 11.4 Å². The number of methoxy groups -OCH3 is 1. The number of amides is 1. The summed E-state index contributed by atoms with van der Waals surface area (Å²) in [6.07, 6.45) is 3.22. The van der Waals surface area contributed by atoms with E-state index in [4.69, 9.17) is 9.47 Å². The first kappa shape index (κ1) is 23.3. The van der Waals surface area contributed by atoms with Crippen LogP contribution in [0, 0.1) is 6.92 Å². The van der Waals surface area contributed by atoms with Gasteiger partial charge in [-0.3, -0.25) is 4.79 Å². The van der Waals surface area contributed by atoms with E-state index in [2.05, 4.69) is 33.1 Å². The number of aromatic nitrogens is 4. The topological polar surface area (TPSA) is 103 Å². The maximum Gasteiger partial charge on any atom is 0.255 e. The second kappa shape index (κ2) is 10.4. The molecule has 34 heavy (non-hydrogen) atoms. The summed E-state index contributed by atoms with van der Waals surface area (Å²) in [7, 11) is 1.61. The Hall–Kier alpha value is -3.88. The van der Waals surface area contributed by atoms with Gasteiger partial charge in [-0.05, 0) is 60.5 Å². The van der Waals surface area contributed by atoms with E-state index in [1.54, 1.807) is 11.8 Å². The first-order valence-electron chi connectivity index (χ1n) is 11.5. The van der Waals surface area contributed by atoms with Gasteiger partial charge in [0.15, 0.2) is 11.5 Å². The van der Waals surface area contributed by atoms with Crippen LogP contribution in [0.3, 0.4) is 0 Å². The minimum atomic E-state index is -0.542. The number of nitrogens with one attached hydrogen (secondary N) is 2. The SMILES string of the molecule is CCCCCOc1ccc(C2C(C(=O)Nc3ccc(C)cc3)=C(C)Nc3nnnn32)cc1OC. The molecule has 0 radical (unpaired) electrons. The van der Waals surface area contributed by atoms with Crippen molar-refractivity contribution in [3.05, 3.63) is 64.9 Å². The molecule has 178 valence electrons. The molecule has 3 aromatic rings. The van der Waals surface area contributed by atoms with Gasteiger partial charge in [0.25, 0.3) is 5.91 Å². The molecule has 1 aromatic heterocycles. The maximum atomic E-state index is 13.5.